The van der Waals surface area contributed by atoms with Gasteiger partial charge in [-0.1, -0.05) is 60.7 Å². The highest BCUT2D eigenvalue weighted by atomic mass is 16.7. The van der Waals surface area contributed by atoms with Crippen LogP contribution in [-0.2, 0) is 9.47 Å². The second-order valence-electron chi connectivity index (χ2n) is 3.80. The van der Waals surface area contributed by atoms with E-state index in [0.29, 0.717) is 0 Å². The first kappa shape index (κ1) is 9.97. The molecule has 0 unspecified atom stereocenters. The van der Waals surface area contributed by atoms with Crippen LogP contribution >= 0.6 is 0 Å². The van der Waals surface area contributed by atoms with Gasteiger partial charge in [0, 0.05) is 11.1 Å². The van der Waals surface area contributed by atoms with Gasteiger partial charge in [0.2, 0.25) is 6.79 Å². The van der Waals surface area contributed by atoms with Gasteiger partial charge in [-0.3, -0.25) is 0 Å². The predicted molar refractivity (Wildman–Crippen MR) is 66.7 cm³/mol. The zero-order chi connectivity index (χ0) is 11.5. The van der Waals surface area contributed by atoms with Crippen molar-refractivity contribution in [2.45, 2.75) is 0 Å². The lowest BCUT2D eigenvalue weighted by atomic mass is 10.1. The fraction of sp³-hybridized carbons (Fsp3) is 0.0667. The van der Waals surface area contributed by atoms with Crippen LogP contribution in [-0.4, -0.2) is 6.79 Å². The number of hydrogen-bond donors (Lipinski definition) is 0. The van der Waals surface area contributed by atoms with Crippen molar-refractivity contribution >= 4 is 11.5 Å². The molecule has 2 aromatic carbocycles. The third-order valence-corrected chi connectivity index (χ3v) is 2.68. The van der Waals surface area contributed by atoms with Crippen LogP contribution in [0, 0.1) is 0 Å². The van der Waals surface area contributed by atoms with Crippen molar-refractivity contribution in [2.24, 2.45) is 0 Å². The molecule has 0 aromatic heterocycles. The van der Waals surface area contributed by atoms with Crippen molar-refractivity contribution in [3.05, 3.63) is 71.8 Å². The van der Waals surface area contributed by atoms with Gasteiger partial charge in [0.25, 0.3) is 0 Å². The molecule has 0 amide bonds. The van der Waals surface area contributed by atoms with Crippen LogP contribution in [0.25, 0.3) is 11.5 Å². The van der Waals surface area contributed by atoms with Gasteiger partial charge in [-0.25, -0.2) is 0 Å². The Morgan fingerprint density at radius 2 is 1.00 bits per heavy atom. The van der Waals surface area contributed by atoms with E-state index in [9.17, 15) is 0 Å². The lowest BCUT2D eigenvalue weighted by Gasteiger charge is -2.03. The highest BCUT2D eigenvalue weighted by Gasteiger charge is 2.20. The monoisotopic (exact) mass is 224 g/mol. The summed E-state index contributed by atoms with van der Waals surface area (Å²) in [6, 6.07) is 20.0. The summed E-state index contributed by atoms with van der Waals surface area (Å²) in [5.41, 5.74) is 2.09. The molecule has 0 atom stereocenters. The Morgan fingerprint density at radius 3 is 1.41 bits per heavy atom. The highest BCUT2D eigenvalue weighted by molar-refractivity contribution is 5.85. The Kier molecular flexibility index (Phi) is 2.54. The third-order valence-electron chi connectivity index (χ3n) is 2.68. The van der Waals surface area contributed by atoms with E-state index in [1.54, 1.807) is 0 Å². The molecule has 0 fully saturated rings. The molecule has 0 saturated carbocycles. The smallest absolute Gasteiger partial charge is 0.231 e. The zero-order valence-corrected chi connectivity index (χ0v) is 9.30. The fourth-order valence-electron chi connectivity index (χ4n) is 1.89. The molecule has 2 heteroatoms. The molecule has 17 heavy (non-hydrogen) atoms. The second-order valence-corrected chi connectivity index (χ2v) is 3.80. The van der Waals surface area contributed by atoms with Crippen molar-refractivity contribution in [3.8, 4) is 0 Å². The Bertz CT molecular complexity index is 480. The molecular weight excluding hydrogens is 212 g/mol. The lowest BCUT2D eigenvalue weighted by molar-refractivity contribution is 0.110. The average Bonchev–Trinajstić information content (AvgIpc) is 2.90. The van der Waals surface area contributed by atoms with Gasteiger partial charge >= 0.3 is 0 Å². The van der Waals surface area contributed by atoms with Crippen molar-refractivity contribution < 1.29 is 9.47 Å². The molecular formula is C15H12O2. The minimum absolute atomic E-state index is 0.286. The molecule has 1 aliphatic rings. The summed E-state index contributed by atoms with van der Waals surface area (Å²) < 4.78 is 11.1. The molecule has 2 nitrogen and oxygen atoms in total. The van der Waals surface area contributed by atoms with E-state index in [0.717, 1.165) is 22.6 Å². The van der Waals surface area contributed by atoms with Gasteiger partial charge in [0.1, 0.15) is 0 Å². The topological polar surface area (TPSA) is 18.5 Å². The van der Waals surface area contributed by atoms with E-state index in [-0.39, 0.29) is 6.79 Å². The fourth-order valence-corrected chi connectivity index (χ4v) is 1.89. The van der Waals surface area contributed by atoms with Gasteiger partial charge in [0.05, 0.1) is 0 Å². The normalized spacial score (nSPS) is 14.4. The van der Waals surface area contributed by atoms with Crippen LogP contribution in [0.5, 0.6) is 0 Å². The van der Waals surface area contributed by atoms with E-state index >= 15 is 0 Å². The van der Waals surface area contributed by atoms with Crippen LogP contribution < -0.4 is 0 Å². The summed E-state index contributed by atoms with van der Waals surface area (Å²) in [5, 5.41) is 0. The van der Waals surface area contributed by atoms with Crippen molar-refractivity contribution in [1.29, 1.82) is 0 Å². The summed E-state index contributed by atoms with van der Waals surface area (Å²) in [6.07, 6.45) is 0. The Balaban J connectivity index is 2.08. The first-order valence-electron chi connectivity index (χ1n) is 5.56. The SMILES string of the molecule is c1ccc(C2=C(c3ccccc3)OCO2)cc1. The molecule has 1 aliphatic heterocycles. The van der Waals surface area contributed by atoms with Crippen LogP contribution in [0.3, 0.4) is 0 Å². The number of hydrogen-bond acceptors (Lipinski definition) is 2. The van der Waals surface area contributed by atoms with E-state index < -0.39 is 0 Å². The average molecular weight is 224 g/mol. The van der Waals surface area contributed by atoms with Crippen molar-refractivity contribution in [1.82, 2.24) is 0 Å². The third kappa shape index (κ3) is 1.89. The van der Waals surface area contributed by atoms with Gasteiger partial charge < -0.3 is 9.47 Å². The molecule has 0 spiro atoms. The summed E-state index contributed by atoms with van der Waals surface area (Å²) in [5.74, 6) is 1.63. The summed E-state index contributed by atoms with van der Waals surface area (Å²) >= 11 is 0. The maximum absolute atomic E-state index is 5.56. The van der Waals surface area contributed by atoms with E-state index in [1.165, 1.54) is 0 Å². The molecule has 1 heterocycles. The number of ether oxygens (including phenoxy) is 2. The zero-order valence-electron chi connectivity index (χ0n) is 9.30. The van der Waals surface area contributed by atoms with E-state index in [1.807, 2.05) is 60.7 Å². The summed E-state index contributed by atoms with van der Waals surface area (Å²) in [4.78, 5) is 0. The van der Waals surface area contributed by atoms with Crippen molar-refractivity contribution in [2.75, 3.05) is 6.79 Å². The Morgan fingerprint density at radius 1 is 0.588 bits per heavy atom. The quantitative estimate of drug-likeness (QED) is 0.777. The summed E-state index contributed by atoms with van der Waals surface area (Å²) in [6.45, 7) is 0.286. The van der Waals surface area contributed by atoms with Gasteiger partial charge in [-0.05, 0) is 0 Å². The second kappa shape index (κ2) is 4.34. The first-order valence-corrected chi connectivity index (χ1v) is 5.56. The van der Waals surface area contributed by atoms with Crippen LogP contribution in [0.15, 0.2) is 60.7 Å². The van der Waals surface area contributed by atoms with Crippen LogP contribution in [0.4, 0.5) is 0 Å². The molecule has 2 aromatic rings. The number of rotatable bonds is 2. The largest absolute Gasteiger partial charge is 0.453 e. The Labute approximate surface area is 100 Å². The maximum atomic E-state index is 5.56. The molecule has 0 saturated heterocycles. The summed E-state index contributed by atoms with van der Waals surface area (Å²) in [7, 11) is 0. The molecule has 0 aliphatic carbocycles. The maximum Gasteiger partial charge on any atom is 0.231 e. The first-order chi connectivity index (χ1) is 8.45. The molecule has 0 bridgehead atoms. The van der Waals surface area contributed by atoms with Gasteiger partial charge in [0.15, 0.2) is 11.5 Å². The van der Waals surface area contributed by atoms with Gasteiger partial charge in [-0.15, -0.1) is 0 Å². The molecule has 84 valence electrons. The molecule has 0 radical (unpaired) electrons. The van der Waals surface area contributed by atoms with Crippen molar-refractivity contribution in [3.63, 3.8) is 0 Å². The van der Waals surface area contributed by atoms with E-state index in [4.69, 9.17) is 9.47 Å². The predicted octanol–water partition coefficient (Wildman–Crippen LogP) is 3.52. The molecule has 3 rings (SSSR count). The standard InChI is InChI=1S/C15H12O2/c1-3-7-12(8-4-1)14-15(17-11-16-14)13-9-5-2-6-10-13/h1-10H,11H2. The minimum Gasteiger partial charge on any atom is -0.453 e. The lowest BCUT2D eigenvalue weighted by Crippen LogP contribution is -1.87. The molecule has 0 N–H and O–H groups in total. The highest BCUT2D eigenvalue weighted by Crippen LogP contribution is 2.32. The van der Waals surface area contributed by atoms with Crippen LogP contribution in [0.2, 0.25) is 0 Å². The number of benzene rings is 2. The van der Waals surface area contributed by atoms with E-state index in [2.05, 4.69) is 0 Å². The Hall–Kier alpha value is -2.22. The van der Waals surface area contributed by atoms with Gasteiger partial charge in [-0.2, -0.15) is 0 Å². The minimum atomic E-state index is 0.286. The van der Waals surface area contributed by atoms with Crippen LogP contribution in [0.1, 0.15) is 11.1 Å².